The van der Waals surface area contributed by atoms with Gasteiger partial charge in [-0.05, 0) is 31.0 Å². The summed E-state index contributed by atoms with van der Waals surface area (Å²) in [6.07, 6.45) is 4.21. The van der Waals surface area contributed by atoms with Crippen LogP contribution in [0.4, 0.5) is 21.8 Å². The number of nitrogens with zero attached hydrogens (tertiary/aromatic N) is 4. The zero-order valence-electron chi connectivity index (χ0n) is 13.0. The van der Waals surface area contributed by atoms with Crippen LogP contribution in [0.3, 0.4) is 0 Å². The molecule has 120 valence electrons. The third-order valence-electron chi connectivity index (χ3n) is 4.35. The minimum absolute atomic E-state index is 0.154. The Labute approximate surface area is 135 Å². The van der Waals surface area contributed by atoms with Gasteiger partial charge in [0.15, 0.2) is 0 Å². The molecule has 1 aliphatic heterocycles. The Morgan fingerprint density at radius 3 is 2.48 bits per heavy atom. The number of aromatic nitrogens is 2. The van der Waals surface area contributed by atoms with Crippen molar-refractivity contribution in [2.45, 2.75) is 18.9 Å². The molecule has 0 amide bonds. The van der Waals surface area contributed by atoms with Crippen molar-refractivity contribution in [1.82, 2.24) is 9.97 Å². The fraction of sp³-hybridized carbons (Fsp3) is 0.412. The number of nitrogens with one attached hydrogen (secondary N) is 1. The van der Waals surface area contributed by atoms with Crippen molar-refractivity contribution in [2.75, 3.05) is 41.3 Å². The molecule has 2 heterocycles. The van der Waals surface area contributed by atoms with Crippen LogP contribution in [-0.2, 0) is 0 Å². The van der Waals surface area contributed by atoms with Crippen molar-refractivity contribution < 1.29 is 4.39 Å². The summed E-state index contributed by atoms with van der Waals surface area (Å²) in [5, 5.41) is 3.33. The second kappa shape index (κ2) is 6.02. The van der Waals surface area contributed by atoms with Gasteiger partial charge in [0.2, 0.25) is 5.95 Å². The van der Waals surface area contributed by atoms with Gasteiger partial charge < -0.3 is 15.1 Å². The highest BCUT2D eigenvalue weighted by molar-refractivity contribution is 5.51. The number of hydrogen-bond acceptors (Lipinski definition) is 5. The van der Waals surface area contributed by atoms with E-state index >= 15 is 0 Å². The third kappa shape index (κ3) is 3.21. The normalized spacial score (nSPS) is 18.1. The number of benzene rings is 1. The van der Waals surface area contributed by atoms with Gasteiger partial charge in [-0.2, -0.15) is 4.98 Å². The van der Waals surface area contributed by atoms with Crippen LogP contribution in [-0.4, -0.2) is 42.2 Å². The molecule has 1 N–H and O–H groups in total. The first kappa shape index (κ1) is 14.2. The number of rotatable bonds is 4. The second-order valence-corrected chi connectivity index (χ2v) is 6.08. The molecule has 6 heteroatoms. The smallest absolute Gasteiger partial charge is 0.224 e. The Hall–Kier alpha value is -2.37. The van der Waals surface area contributed by atoms with Gasteiger partial charge >= 0.3 is 0 Å². The Morgan fingerprint density at radius 2 is 1.74 bits per heavy atom. The first-order valence-electron chi connectivity index (χ1n) is 8.13. The Morgan fingerprint density at radius 1 is 1.00 bits per heavy atom. The van der Waals surface area contributed by atoms with E-state index in [2.05, 4.69) is 25.1 Å². The first-order chi connectivity index (χ1) is 11.3. The van der Waals surface area contributed by atoms with Crippen molar-refractivity contribution in [3.63, 3.8) is 0 Å². The van der Waals surface area contributed by atoms with E-state index in [0.717, 1.165) is 32.0 Å². The molecule has 1 saturated heterocycles. The maximum absolute atomic E-state index is 13.9. The lowest BCUT2D eigenvalue weighted by Gasteiger charge is -2.36. The first-order valence-corrected chi connectivity index (χ1v) is 8.13. The highest BCUT2D eigenvalue weighted by atomic mass is 19.1. The third-order valence-corrected chi connectivity index (χ3v) is 4.35. The Bertz CT molecular complexity index is 680. The molecule has 5 nitrogen and oxygen atoms in total. The summed E-state index contributed by atoms with van der Waals surface area (Å²) in [7, 11) is 0. The number of para-hydroxylation sites is 1. The zero-order chi connectivity index (χ0) is 15.6. The largest absolute Gasteiger partial charge is 0.366 e. The molecule has 2 fully saturated rings. The summed E-state index contributed by atoms with van der Waals surface area (Å²) >= 11 is 0. The van der Waals surface area contributed by atoms with E-state index in [0.29, 0.717) is 17.7 Å². The summed E-state index contributed by atoms with van der Waals surface area (Å²) < 4.78 is 13.9. The Kier molecular flexibility index (Phi) is 3.73. The predicted molar refractivity (Wildman–Crippen MR) is 89.5 cm³/mol. The van der Waals surface area contributed by atoms with E-state index in [9.17, 15) is 4.39 Å². The molecular weight excluding hydrogens is 293 g/mol. The van der Waals surface area contributed by atoms with Gasteiger partial charge in [0, 0.05) is 38.4 Å². The Balaban J connectivity index is 1.42. The SMILES string of the molecule is Fc1ccccc1N1CCN(c2ccnc(NC3CC3)n2)CC1. The number of piperazine rings is 1. The van der Waals surface area contributed by atoms with Crippen molar-refractivity contribution in [1.29, 1.82) is 0 Å². The highest BCUT2D eigenvalue weighted by Crippen LogP contribution is 2.25. The molecular formula is C17H20FN5. The van der Waals surface area contributed by atoms with E-state index in [1.54, 1.807) is 12.3 Å². The van der Waals surface area contributed by atoms with Crippen LogP contribution in [0.25, 0.3) is 0 Å². The lowest BCUT2D eigenvalue weighted by Crippen LogP contribution is -2.47. The number of hydrogen-bond donors (Lipinski definition) is 1. The van der Waals surface area contributed by atoms with Crippen molar-refractivity contribution in [2.24, 2.45) is 0 Å². The summed E-state index contributed by atoms with van der Waals surface area (Å²) in [5.74, 6) is 1.50. The van der Waals surface area contributed by atoms with Crippen LogP contribution < -0.4 is 15.1 Å². The van der Waals surface area contributed by atoms with E-state index in [1.807, 2.05) is 18.2 Å². The van der Waals surface area contributed by atoms with E-state index < -0.39 is 0 Å². The molecule has 2 aromatic rings. The van der Waals surface area contributed by atoms with Gasteiger partial charge in [0.05, 0.1) is 5.69 Å². The summed E-state index contributed by atoms with van der Waals surface area (Å²) in [5.41, 5.74) is 0.686. The van der Waals surface area contributed by atoms with Gasteiger partial charge in [-0.1, -0.05) is 12.1 Å². The highest BCUT2D eigenvalue weighted by Gasteiger charge is 2.23. The van der Waals surface area contributed by atoms with Gasteiger partial charge in [-0.25, -0.2) is 9.37 Å². The van der Waals surface area contributed by atoms with E-state index in [-0.39, 0.29) is 5.82 Å². The van der Waals surface area contributed by atoms with Crippen LogP contribution in [0.15, 0.2) is 36.5 Å². The zero-order valence-corrected chi connectivity index (χ0v) is 13.0. The van der Waals surface area contributed by atoms with E-state index in [1.165, 1.54) is 18.9 Å². The second-order valence-electron chi connectivity index (χ2n) is 6.08. The van der Waals surface area contributed by atoms with Crippen LogP contribution in [0.1, 0.15) is 12.8 Å². The molecule has 0 radical (unpaired) electrons. The predicted octanol–water partition coefficient (Wildman–Crippen LogP) is 2.52. The molecule has 0 unspecified atom stereocenters. The molecule has 1 aliphatic carbocycles. The van der Waals surface area contributed by atoms with Crippen LogP contribution in [0.2, 0.25) is 0 Å². The van der Waals surface area contributed by atoms with Crippen molar-refractivity contribution in [3.05, 3.63) is 42.3 Å². The molecule has 1 aromatic carbocycles. The van der Waals surface area contributed by atoms with Crippen LogP contribution >= 0.6 is 0 Å². The maximum Gasteiger partial charge on any atom is 0.224 e. The fourth-order valence-corrected chi connectivity index (χ4v) is 2.89. The van der Waals surface area contributed by atoms with Gasteiger partial charge in [0.1, 0.15) is 11.6 Å². The minimum Gasteiger partial charge on any atom is -0.366 e. The number of halogens is 1. The molecule has 0 atom stereocenters. The maximum atomic E-state index is 13.9. The topological polar surface area (TPSA) is 44.3 Å². The molecule has 0 bridgehead atoms. The van der Waals surface area contributed by atoms with E-state index in [4.69, 9.17) is 0 Å². The standard InChI is InChI=1S/C17H20FN5/c18-14-3-1-2-4-15(14)22-9-11-23(12-10-22)16-7-8-19-17(21-16)20-13-5-6-13/h1-4,7-8,13H,5-6,9-12H2,(H,19,20,21). The molecule has 1 aromatic heterocycles. The van der Waals surface area contributed by atoms with Crippen molar-refractivity contribution in [3.8, 4) is 0 Å². The average molecular weight is 313 g/mol. The fourth-order valence-electron chi connectivity index (χ4n) is 2.89. The van der Waals surface area contributed by atoms with Gasteiger partial charge in [-0.15, -0.1) is 0 Å². The van der Waals surface area contributed by atoms with Crippen LogP contribution in [0, 0.1) is 5.82 Å². The van der Waals surface area contributed by atoms with Gasteiger partial charge in [0.25, 0.3) is 0 Å². The lowest BCUT2D eigenvalue weighted by molar-refractivity contribution is 0.596. The molecule has 1 saturated carbocycles. The summed E-state index contributed by atoms with van der Waals surface area (Å²) in [6, 6.07) is 9.45. The minimum atomic E-state index is -0.154. The number of anilines is 3. The molecule has 2 aliphatic rings. The van der Waals surface area contributed by atoms with Crippen molar-refractivity contribution >= 4 is 17.5 Å². The average Bonchev–Trinajstić information content (AvgIpc) is 3.40. The van der Waals surface area contributed by atoms with Gasteiger partial charge in [-0.3, -0.25) is 0 Å². The summed E-state index contributed by atoms with van der Waals surface area (Å²) in [4.78, 5) is 13.2. The molecule has 4 rings (SSSR count). The van der Waals surface area contributed by atoms with Crippen LogP contribution in [0.5, 0.6) is 0 Å². The quantitative estimate of drug-likeness (QED) is 0.939. The lowest BCUT2D eigenvalue weighted by atomic mass is 10.2. The molecule has 0 spiro atoms. The monoisotopic (exact) mass is 313 g/mol. The summed E-state index contributed by atoms with van der Waals surface area (Å²) in [6.45, 7) is 3.23. The molecule has 23 heavy (non-hydrogen) atoms.